The van der Waals surface area contributed by atoms with Gasteiger partial charge in [0.1, 0.15) is 12.1 Å². The fraction of sp³-hybridized carbons (Fsp3) is 0.724. The Bertz CT molecular complexity index is 851. The third kappa shape index (κ3) is 11.3. The number of halogens is 2. The van der Waals surface area contributed by atoms with Crippen molar-refractivity contribution in [1.29, 1.82) is 0 Å². The third-order valence-corrected chi connectivity index (χ3v) is 10.4. The van der Waals surface area contributed by atoms with Crippen LogP contribution in [0.1, 0.15) is 71.8 Å². The number of hydrogen-bond donors (Lipinski definition) is 3. The second kappa shape index (κ2) is 18.0. The summed E-state index contributed by atoms with van der Waals surface area (Å²) >= 11 is 3.59. The summed E-state index contributed by atoms with van der Waals surface area (Å²) in [5, 5.41) is 9.73. The van der Waals surface area contributed by atoms with Crippen LogP contribution in [0.2, 0.25) is 0 Å². The van der Waals surface area contributed by atoms with Crippen molar-refractivity contribution in [2.45, 2.75) is 95.6 Å². The molecule has 3 N–H and O–H groups in total. The summed E-state index contributed by atoms with van der Waals surface area (Å²) in [4.78, 5) is 29.0. The average molecular weight is 622 g/mol. The maximum atomic E-state index is 13.4. The van der Waals surface area contributed by atoms with E-state index in [1.54, 1.807) is 11.8 Å². The Hall–Kier alpha value is -0.640. The highest BCUT2D eigenvalue weighted by molar-refractivity contribution is 8.00. The molecule has 6 nitrogen and oxygen atoms in total. The molecule has 1 aromatic rings. The second-order valence-electron chi connectivity index (χ2n) is 11.2. The molecule has 39 heavy (non-hydrogen) atoms. The number of piperidine rings is 1. The molecular formula is C29H50Cl2N4O2S2. The van der Waals surface area contributed by atoms with Gasteiger partial charge in [0.15, 0.2) is 0 Å². The highest BCUT2D eigenvalue weighted by Crippen LogP contribution is 2.33. The Morgan fingerprint density at radius 2 is 1.74 bits per heavy atom. The lowest BCUT2D eigenvalue weighted by Gasteiger charge is -2.33. The number of nitrogens with zero attached hydrogens (tertiary/aromatic N) is 1. The van der Waals surface area contributed by atoms with Crippen LogP contribution in [-0.2, 0) is 16.1 Å². The standard InChI is InChI=1S/C28H44N4O2S2.CH4.2ClH/c1-28(2)25(29-20-36-28)27(34)31-24(19-35-18-22-11-7-4-8-12-22)26(33)30-23-13-15-32(16-14-23)17-21-9-5-3-6-10-21;;;/h3,5-6,9-10,22-25,29H,4,7-8,11-20H2,1-2H3,(H,30,33)(H,31,34);1H4;2*1H/t24-,25+;;;/m0.../s1. The van der Waals surface area contributed by atoms with Gasteiger partial charge in [-0.25, -0.2) is 0 Å². The molecule has 1 saturated carbocycles. The number of rotatable bonds is 10. The van der Waals surface area contributed by atoms with Gasteiger partial charge in [-0.3, -0.25) is 19.8 Å². The molecule has 0 radical (unpaired) electrons. The Kier molecular flexibility index (Phi) is 16.8. The largest absolute Gasteiger partial charge is 0.351 e. The summed E-state index contributed by atoms with van der Waals surface area (Å²) in [6.45, 7) is 7.10. The Morgan fingerprint density at radius 1 is 1.08 bits per heavy atom. The first-order valence-corrected chi connectivity index (χ1v) is 15.9. The number of thioether (sulfide) groups is 2. The molecule has 0 aromatic heterocycles. The zero-order chi connectivity index (χ0) is 25.4. The van der Waals surface area contributed by atoms with E-state index in [0.29, 0.717) is 5.75 Å². The average Bonchev–Trinajstić information content (AvgIpc) is 3.25. The number of likely N-dealkylation sites (tertiary alicyclic amines) is 1. The predicted octanol–water partition coefficient (Wildman–Crippen LogP) is 5.49. The molecule has 2 atom stereocenters. The molecule has 3 fully saturated rings. The van der Waals surface area contributed by atoms with Crippen LogP contribution in [0.4, 0.5) is 0 Å². The van der Waals surface area contributed by atoms with Gasteiger partial charge in [-0.1, -0.05) is 57.0 Å². The maximum Gasteiger partial charge on any atom is 0.243 e. The van der Waals surface area contributed by atoms with Gasteiger partial charge in [-0.2, -0.15) is 11.8 Å². The van der Waals surface area contributed by atoms with Crippen LogP contribution in [-0.4, -0.2) is 70.1 Å². The molecular weight excluding hydrogens is 571 g/mol. The highest BCUT2D eigenvalue weighted by Gasteiger charge is 2.41. The Morgan fingerprint density at radius 3 is 2.36 bits per heavy atom. The van der Waals surface area contributed by atoms with E-state index >= 15 is 0 Å². The van der Waals surface area contributed by atoms with Gasteiger partial charge in [0.05, 0.1) is 0 Å². The smallest absolute Gasteiger partial charge is 0.243 e. The lowest BCUT2D eigenvalue weighted by Crippen LogP contribution is -2.58. The molecule has 2 saturated heterocycles. The molecule has 0 bridgehead atoms. The van der Waals surface area contributed by atoms with Crippen LogP contribution >= 0.6 is 48.3 Å². The number of hydrogen-bond acceptors (Lipinski definition) is 6. The normalized spacial score (nSPS) is 22.5. The lowest BCUT2D eigenvalue weighted by molar-refractivity contribution is -0.130. The van der Waals surface area contributed by atoms with Crippen molar-refractivity contribution in [3.8, 4) is 0 Å². The number of nitrogens with one attached hydrogen (secondary N) is 3. The fourth-order valence-electron chi connectivity index (χ4n) is 5.57. The molecule has 2 amide bonds. The SMILES string of the molecule is C.CC1(C)SCN[C@@H]1C(=O)N[C@@H](CSCC1CCCCC1)C(=O)NC1CCN(Cc2ccccc2)CC1.Cl.Cl. The molecule has 0 unspecified atom stereocenters. The van der Waals surface area contributed by atoms with Gasteiger partial charge < -0.3 is 10.6 Å². The minimum absolute atomic E-state index is 0. The van der Waals surface area contributed by atoms with E-state index in [2.05, 4.69) is 65.0 Å². The molecule has 2 heterocycles. The van der Waals surface area contributed by atoms with E-state index in [1.165, 1.54) is 37.7 Å². The molecule has 224 valence electrons. The maximum absolute atomic E-state index is 13.4. The van der Waals surface area contributed by atoms with Crippen molar-refractivity contribution >= 4 is 60.2 Å². The van der Waals surface area contributed by atoms with Gasteiger partial charge in [0.2, 0.25) is 11.8 Å². The monoisotopic (exact) mass is 620 g/mol. The van der Waals surface area contributed by atoms with Gasteiger partial charge in [0, 0.05) is 42.1 Å². The summed E-state index contributed by atoms with van der Waals surface area (Å²) in [7, 11) is 0. The Labute approximate surface area is 257 Å². The van der Waals surface area contributed by atoms with E-state index in [4.69, 9.17) is 0 Å². The van der Waals surface area contributed by atoms with Gasteiger partial charge in [-0.15, -0.1) is 36.6 Å². The molecule has 3 aliphatic rings. The molecule has 0 spiro atoms. The summed E-state index contributed by atoms with van der Waals surface area (Å²) in [6.07, 6.45) is 8.51. The highest BCUT2D eigenvalue weighted by atomic mass is 35.5. The summed E-state index contributed by atoms with van der Waals surface area (Å²) in [6, 6.07) is 9.98. The van der Waals surface area contributed by atoms with Crippen molar-refractivity contribution in [3.63, 3.8) is 0 Å². The lowest BCUT2D eigenvalue weighted by atomic mass is 9.91. The number of carbonyl (C=O) groups is 2. The quantitative estimate of drug-likeness (QED) is 0.321. The summed E-state index contributed by atoms with van der Waals surface area (Å²) in [5.74, 6) is 3.16. The first-order valence-electron chi connectivity index (χ1n) is 13.7. The first kappa shape index (κ1) is 36.4. The summed E-state index contributed by atoms with van der Waals surface area (Å²) < 4.78 is -0.175. The van der Waals surface area contributed by atoms with E-state index < -0.39 is 6.04 Å². The predicted molar refractivity (Wildman–Crippen MR) is 173 cm³/mol. The number of amides is 2. The van der Waals surface area contributed by atoms with Crippen molar-refractivity contribution in [2.75, 3.05) is 30.5 Å². The van der Waals surface area contributed by atoms with Crippen LogP contribution in [0.15, 0.2) is 30.3 Å². The van der Waals surface area contributed by atoms with Gasteiger partial charge >= 0.3 is 0 Å². The number of benzene rings is 1. The van der Waals surface area contributed by atoms with Crippen LogP contribution in [0.3, 0.4) is 0 Å². The fourth-order valence-corrected chi connectivity index (χ4v) is 7.82. The minimum atomic E-state index is -0.489. The number of carbonyl (C=O) groups excluding carboxylic acids is 2. The van der Waals surface area contributed by atoms with Gasteiger partial charge in [-0.05, 0) is 56.8 Å². The third-order valence-electron chi connectivity index (χ3n) is 7.87. The van der Waals surface area contributed by atoms with Crippen LogP contribution in [0, 0.1) is 5.92 Å². The minimum Gasteiger partial charge on any atom is -0.351 e. The summed E-state index contributed by atoms with van der Waals surface area (Å²) in [5.41, 5.74) is 1.33. The van der Waals surface area contributed by atoms with Crippen molar-refractivity contribution in [3.05, 3.63) is 35.9 Å². The molecule has 1 aromatic carbocycles. The van der Waals surface area contributed by atoms with E-state index in [0.717, 1.165) is 50.0 Å². The van der Waals surface area contributed by atoms with E-state index in [1.807, 2.05) is 11.8 Å². The topological polar surface area (TPSA) is 73.5 Å². The van der Waals surface area contributed by atoms with Crippen molar-refractivity contribution in [2.24, 2.45) is 5.92 Å². The molecule has 2 aliphatic heterocycles. The van der Waals surface area contributed by atoms with Crippen molar-refractivity contribution < 1.29 is 9.59 Å². The second-order valence-corrected chi connectivity index (χ2v) is 13.9. The van der Waals surface area contributed by atoms with E-state index in [9.17, 15) is 9.59 Å². The van der Waals surface area contributed by atoms with Crippen LogP contribution in [0.25, 0.3) is 0 Å². The zero-order valence-corrected chi connectivity index (χ0v) is 26.1. The first-order chi connectivity index (χ1) is 17.4. The zero-order valence-electron chi connectivity index (χ0n) is 22.8. The Balaban J connectivity index is 0.00000253. The van der Waals surface area contributed by atoms with Crippen molar-refractivity contribution in [1.82, 2.24) is 20.9 Å². The molecule has 1 aliphatic carbocycles. The van der Waals surface area contributed by atoms with E-state index in [-0.39, 0.29) is 60.9 Å². The van der Waals surface area contributed by atoms with Crippen LogP contribution in [0.5, 0.6) is 0 Å². The molecule has 10 heteroatoms. The van der Waals surface area contributed by atoms with Crippen LogP contribution < -0.4 is 16.0 Å². The van der Waals surface area contributed by atoms with Gasteiger partial charge in [0.25, 0.3) is 0 Å². The molecule has 4 rings (SSSR count).